The van der Waals surface area contributed by atoms with Crippen molar-refractivity contribution >= 4 is 28.4 Å². The number of aromatic nitrogens is 2. The van der Waals surface area contributed by atoms with Crippen LogP contribution in [0.4, 0.5) is 0 Å². The fourth-order valence-electron chi connectivity index (χ4n) is 2.61. The molecule has 0 radical (unpaired) electrons. The number of rotatable bonds is 7. The van der Waals surface area contributed by atoms with Gasteiger partial charge in [-0.2, -0.15) is 5.10 Å². The van der Waals surface area contributed by atoms with Crippen LogP contribution in [0.1, 0.15) is 18.9 Å². The van der Waals surface area contributed by atoms with E-state index in [2.05, 4.69) is 10.4 Å². The number of amides is 1. The van der Waals surface area contributed by atoms with E-state index in [-0.39, 0.29) is 5.91 Å². The fraction of sp³-hybridized carbons (Fsp3) is 0.263. The zero-order valence-corrected chi connectivity index (χ0v) is 14.8. The van der Waals surface area contributed by atoms with Crippen LogP contribution in [-0.4, -0.2) is 22.3 Å². The van der Waals surface area contributed by atoms with Crippen LogP contribution in [0.3, 0.4) is 0 Å². The molecule has 2 aromatic carbocycles. The molecule has 0 spiro atoms. The average molecular weight is 358 g/mol. The molecule has 0 fully saturated rings. The van der Waals surface area contributed by atoms with E-state index in [4.69, 9.17) is 16.3 Å². The minimum atomic E-state index is -0.0143. The van der Waals surface area contributed by atoms with Crippen molar-refractivity contribution in [2.24, 2.45) is 0 Å². The number of carbonyl (C=O) groups excluding carboxylic acids is 1. The maximum atomic E-state index is 12.1. The molecular formula is C19H20ClN3O2. The number of ether oxygens (including phenoxy) is 1. The third-order valence-corrected chi connectivity index (χ3v) is 4.24. The predicted octanol–water partition coefficient (Wildman–Crippen LogP) is 3.79. The van der Waals surface area contributed by atoms with E-state index < -0.39 is 0 Å². The molecule has 5 nitrogen and oxygen atoms in total. The molecule has 3 rings (SSSR count). The Morgan fingerprint density at radius 3 is 2.80 bits per heavy atom. The van der Waals surface area contributed by atoms with Crippen LogP contribution >= 0.6 is 11.6 Å². The highest BCUT2D eigenvalue weighted by Crippen LogP contribution is 2.22. The first-order valence-electron chi connectivity index (χ1n) is 8.26. The van der Waals surface area contributed by atoms with Crippen LogP contribution < -0.4 is 10.1 Å². The van der Waals surface area contributed by atoms with Crippen LogP contribution in [0.2, 0.25) is 5.02 Å². The van der Waals surface area contributed by atoms with E-state index in [0.717, 1.165) is 22.2 Å². The minimum Gasteiger partial charge on any atom is -0.494 e. The summed E-state index contributed by atoms with van der Waals surface area (Å²) in [5.74, 6) is 0.821. The van der Waals surface area contributed by atoms with Crippen LogP contribution in [0.5, 0.6) is 5.75 Å². The molecule has 1 aromatic heterocycles. The smallest absolute Gasteiger partial charge is 0.222 e. The molecule has 6 heteroatoms. The number of aryl methyl sites for hydroxylation is 1. The highest BCUT2D eigenvalue weighted by Gasteiger charge is 2.08. The van der Waals surface area contributed by atoms with Crippen molar-refractivity contribution in [3.8, 4) is 5.75 Å². The van der Waals surface area contributed by atoms with Crippen LogP contribution in [0.15, 0.2) is 48.7 Å². The number of nitrogens with zero attached hydrogens (tertiary/aromatic N) is 2. The second-order valence-corrected chi connectivity index (χ2v) is 6.05. The summed E-state index contributed by atoms with van der Waals surface area (Å²) >= 11 is 6.14. The number of hydrogen-bond donors (Lipinski definition) is 1. The van der Waals surface area contributed by atoms with Crippen molar-refractivity contribution in [3.05, 3.63) is 59.2 Å². The lowest BCUT2D eigenvalue weighted by molar-refractivity contribution is -0.121. The Morgan fingerprint density at radius 1 is 1.24 bits per heavy atom. The summed E-state index contributed by atoms with van der Waals surface area (Å²) in [6.07, 6.45) is 2.09. The standard InChI is InChI=1S/C19H20ClN3O2/c1-2-25-15-8-6-14(7-9-15)12-21-19(24)10-11-23-18-5-3-4-17(20)16(18)13-22-23/h3-9,13H,2,10-12H2,1H3,(H,21,24). The lowest BCUT2D eigenvalue weighted by Gasteiger charge is -2.08. The number of halogens is 1. The molecular weight excluding hydrogens is 338 g/mol. The molecule has 1 N–H and O–H groups in total. The Labute approximate surface area is 151 Å². The van der Waals surface area contributed by atoms with E-state index >= 15 is 0 Å². The van der Waals surface area contributed by atoms with E-state index in [1.165, 1.54) is 0 Å². The molecule has 0 atom stereocenters. The quantitative estimate of drug-likeness (QED) is 0.699. The largest absolute Gasteiger partial charge is 0.494 e. The van der Waals surface area contributed by atoms with Gasteiger partial charge in [0.1, 0.15) is 5.75 Å². The van der Waals surface area contributed by atoms with Crippen LogP contribution in [0.25, 0.3) is 10.9 Å². The van der Waals surface area contributed by atoms with E-state index in [0.29, 0.717) is 31.1 Å². The third-order valence-electron chi connectivity index (χ3n) is 3.91. The maximum absolute atomic E-state index is 12.1. The zero-order valence-electron chi connectivity index (χ0n) is 14.0. The van der Waals surface area contributed by atoms with Crippen molar-refractivity contribution in [3.63, 3.8) is 0 Å². The molecule has 0 bridgehead atoms. The topological polar surface area (TPSA) is 56.1 Å². The Hall–Kier alpha value is -2.53. The maximum Gasteiger partial charge on any atom is 0.222 e. The van der Waals surface area contributed by atoms with Gasteiger partial charge in [0.05, 0.1) is 29.9 Å². The summed E-state index contributed by atoms with van der Waals surface area (Å²) in [4.78, 5) is 12.1. The summed E-state index contributed by atoms with van der Waals surface area (Å²) in [7, 11) is 0. The third kappa shape index (κ3) is 4.31. The Morgan fingerprint density at radius 2 is 2.04 bits per heavy atom. The minimum absolute atomic E-state index is 0.0143. The second-order valence-electron chi connectivity index (χ2n) is 5.64. The molecule has 0 unspecified atom stereocenters. The number of nitrogens with one attached hydrogen (secondary N) is 1. The molecule has 1 heterocycles. The summed E-state index contributed by atoms with van der Waals surface area (Å²) in [5, 5.41) is 8.81. The van der Waals surface area contributed by atoms with Gasteiger partial charge in [0.15, 0.2) is 0 Å². The first-order valence-corrected chi connectivity index (χ1v) is 8.63. The van der Waals surface area contributed by atoms with Crippen molar-refractivity contribution in [1.29, 1.82) is 0 Å². The number of fused-ring (bicyclic) bond motifs is 1. The first-order chi connectivity index (χ1) is 12.2. The fourth-order valence-corrected chi connectivity index (χ4v) is 2.83. The Balaban J connectivity index is 1.51. The summed E-state index contributed by atoms with van der Waals surface area (Å²) in [5.41, 5.74) is 1.97. The number of benzene rings is 2. The van der Waals surface area contributed by atoms with Crippen LogP contribution in [0, 0.1) is 0 Å². The summed E-state index contributed by atoms with van der Waals surface area (Å²) in [6, 6.07) is 13.4. The summed E-state index contributed by atoms with van der Waals surface area (Å²) < 4.78 is 7.21. The highest BCUT2D eigenvalue weighted by molar-refractivity contribution is 6.35. The lowest BCUT2D eigenvalue weighted by atomic mass is 10.2. The van der Waals surface area contributed by atoms with Crippen LogP contribution in [-0.2, 0) is 17.9 Å². The van der Waals surface area contributed by atoms with Gasteiger partial charge in [-0.3, -0.25) is 9.48 Å². The first kappa shape index (κ1) is 17.3. The van der Waals surface area contributed by atoms with Crippen molar-refractivity contribution in [1.82, 2.24) is 15.1 Å². The van der Waals surface area contributed by atoms with Gasteiger partial charge in [-0.05, 0) is 36.8 Å². The van der Waals surface area contributed by atoms with E-state index in [1.807, 2.05) is 49.4 Å². The van der Waals surface area contributed by atoms with Gasteiger partial charge < -0.3 is 10.1 Å². The number of hydrogen-bond acceptors (Lipinski definition) is 3. The molecule has 0 saturated carbocycles. The van der Waals surface area contributed by atoms with Crippen molar-refractivity contribution in [2.75, 3.05) is 6.61 Å². The molecule has 0 saturated heterocycles. The number of carbonyl (C=O) groups is 1. The molecule has 1 amide bonds. The second kappa shape index (κ2) is 8.03. The van der Waals surface area contributed by atoms with Gasteiger partial charge in [0, 0.05) is 18.4 Å². The van der Waals surface area contributed by atoms with E-state index in [1.54, 1.807) is 10.9 Å². The molecule has 3 aromatic rings. The molecule has 25 heavy (non-hydrogen) atoms. The molecule has 0 aliphatic rings. The predicted molar refractivity (Wildman–Crippen MR) is 98.8 cm³/mol. The summed E-state index contributed by atoms with van der Waals surface area (Å²) in [6.45, 7) is 3.60. The van der Waals surface area contributed by atoms with Gasteiger partial charge >= 0.3 is 0 Å². The average Bonchev–Trinajstić information content (AvgIpc) is 3.04. The normalized spacial score (nSPS) is 10.8. The van der Waals surface area contributed by atoms with Gasteiger partial charge in [-0.1, -0.05) is 29.8 Å². The molecule has 0 aliphatic carbocycles. The van der Waals surface area contributed by atoms with Gasteiger partial charge in [-0.25, -0.2) is 0 Å². The highest BCUT2D eigenvalue weighted by atomic mass is 35.5. The SMILES string of the molecule is CCOc1ccc(CNC(=O)CCn2ncc3c(Cl)cccc32)cc1. The van der Waals surface area contributed by atoms with Crippen molar-refractivity contribution < 1.29 is 9.53 Å². The molecule has 0 aliphatic heterocycles. The Kier molecular flexibility index (Phi) is 5.56. The van der Waals surface area contributed by atoms with Gasteiger partial charge in [0.2, 0.25) is 5.91 Å². The lowest BCUT2D eigenvalue weighted by Crippen LogP contribution is -2.24. The van der Waals surface area contributed by atoms with Crippen molar-refractivity contribution in [2.45, 2.75) is 26.4 Å². The molecule has 130 valence electrons. The van der Waals surface area contributed by atoms with E-state index in [9.17, 15) is 4.79 Å². The monoisotopic (exact) mass is 357 g/mol. The zero-order chi connectivity index (χ0) is 17.6. The Bertz CT molecular complexity index is 859. The van der Waals surface area contributed by atoms with Gasteiger partial charge in [-0.15, -0.1) is 0 Å². The van der Waals surface area contributed by atoms with Gasteiger partial charge in [0.25, 0.3) is 0 Å².